The Morgan fingerprint density at radius 2 is 1.89 bits per heavy atom. The van der Waals surface area contributed by atoms with Gasteiger partial charge in [0.1, 0.15) is 11.6 Å². The van der Waals surface area contributed by atoms with Crippen LogP contribution in [0.3, 0.4) is 0 Å². The van der Waals surface area contributed by atoms with Crippen LogP contribution in [0.2, 0.25) is 0 Å². The third-order valence-electron chi connectivity index (χ3n) is 4.62. The van der Waals surface area contributed by atoms with Crippen molar-refractivity contribution in [1.29, 1.82) is 0 Å². The van der Waals surface area contributed by atoms with Crippen molar-refractivity contribution < 1.29 is 0 Å². The predicted molar refractivity (Wildman–Crippen MR) is 110 cm³/mol. The lowest BCUT2D eigenvalue weighted by Gasteiger charge is -2.10. The number of nitrogens with zero attached hydrogens (tertiary/aromatic N) is 6. The van der Waals surface area contributed by atoms with Crippen LogP contribution in [0.15, 0.2) is 42.9 Å². The molecular weight excluding hydrogens is 350 g/mol. The van der Waals surface area contributed by atoms with Crippen molar-refractivity contribution in [3.8, 4) is 5.69 Å². The van der Waals surface area contributed by atoms with Crippen LogP contribution in [0.25, 0.3) is 16.7 Å². The van der Waals surface area contributed by atoms with Gasteiger partial charge in [-0.25, -0.2) is 9.97 Å². The molecule has 0 fully saturated rings. The van der Waals surface area contributed by atoms with E-state index in [4.69, 9.17) is 4.98 Å². The lowest BCUT2D eigenvalue weighted by atomic mass is 10.1. The van der Waals surface area contributed by atoms with Gasteiger partial charge in [-0.05, 0) is 42.7 Å². The minimum Gasteiger partial charge on any atom is -0.323 e. The van der Waals surface area contributed by atoms with Crippen LogP contribution in [0.1, 0.15) is 43.8 Å². The first-order valence-corrected chi connectivity index (χ1v) is 9.45. The van der Waals surface area contributed by atoms with Crippen LogP contribution >= 0.6 is 0 Å². The number of fused-ring (bicyclic) bond motifs is 1. The summed E-state index contributed by atoms with van der Waals surface area (Å²) in [5.41, 5.74) is 4.72. The van der Waals surface area contributed by atoms with Gasteiger partial charge in [0.15, 0.2) is 5.82 Å². The van der Waals surface area contributed by atoms with Crippen molar-refractivity contribution in [2.75, 3.05) is 5.32 Å². The maximum absolute atomic E-state index is 4.72. The fourth-order valence-corrected chi connectivity index (χ4v) is 3.11. The van der Waals surface area contributed by atoms with Crippen LogP contribution in [0.4, 0.5) is 11.6 Å². The SMILES string of the molecule is CCc1nc(C)cn1-c1cnc2ccc(Nc3cc(C(C)C)cnn3)nc2c1. The third kappa shape index (κ3) is 3.55. The predicted octanol–water partition coefficient (Wildman–Crippen LogP) is 4.34. The Hall–Kier alpha value is -3.35. The van der Waals surface area contributed by atoms with Gasteiger partial charge in [0.25, 0.3) is 0 Å². The van der Waals surface area contributed by atoms with Crippen LogP contribution < -0.4 is 5.32 Å². The van der Waals surface area contributed by atoms with E-state index in [9.17, 15) is 0 Å². The normalized spacial score (nSPS) is 11.3. The first kappa shape index (κ1) is 18.0. The van der Waals surface area contributed by atoms with E-state index < -0.39 is 0 Å². The highest BCUT2D eigenvalue weighted by Gasteiger charge is 2.09. The smallest absolute Gasteiger partial charge is 0.154 e. The molecule has 142 valence electrons. The summed E-state index contributed by atoms with van der Waals surface area (Å²) in [6, 6.07) is 7.88. The van der Waals surface area contributed by atoms with Crippen molar-refractivity contribution in [3.63, 3.8) is 0 Å². The van der Waals surface area contributed by atoms with E-state index in [0.29, 0.717) is 17.6 Å². The molecule has 0 aliphatic heterocycles. The lowest BCUT2D eigenvalue weighted by Crippen LogP contribution is -2.02. The summed E-state index contributed by atoms with van der Waals surface area (Å²) in [5.74, 6) is 2.78. The number of nitrogens with one attached hydrogen (secondary N) is 1. The standard InChI is InChI=1S/C21H23N7/c1-5-21-24-14(4)12-28(21)16-9-18-17(22-11-16)6-7-19(25-18)26-20-8-15(13(2)3)10-23-27-20/h6-13H,5H2,1-4H3,(H,25,26,27). The Morgan fingerprint density at radius 1 is 1.04 bits per heavy atom. The summed E-state index contributed by atoms with van der Waals surface area (Å²) in [7, 11) is 0. The third-order valence-corrected chi connectivity index (χ3v) is 4.62. The van der Waals surface area contributed by atoms with Crippen LogP contribution in [-0.4, -0.2) is 29.7 Å². The molecule has 0 atom stereocenters. The summed E-state index contributed by atoms with van der Waals surface area (Å²) in [6.45, 7) is 8.35. The molecule has 0 saturated carbocycles. The molecule has 0 aromatic carbocycles. The van der Waals surface area contributed by atoms with Crippen molar-refractivity contribution in [2.45, 2.75) is 40.0 Å². The number of anilines is 2. The van der Waals surface area contributed by atoms with E-state index in [1.807, 2.05) is 43.6 Å². The first-order chi connectivity index (χ1) is 13.5. The minimum absolute atomic E-state index is 0.388. The topological polar surface area (TPSA) is 81.4 Å². The molecule has 0 bridgehead atoms. The molecule has 0 amide bonds. The van der Waals surface area contributed by atoms with Gasteiger partial charge in [0, 0.05) is 12.6 Å². The number of hydrogen-bond donors (Lipinski definition) is 1. The van der Waals surface area contributed by atoms with E-state index in [-0.39, 0.29) is 0 Å². The highest BCUT2D eigenvalue weighted by molar-refractivity contribution is 5.78. The van der Waals surface area contributed by atoms with Gasteiger partial charge in [0.2, 0.25) is 0 Å². The Labute approximate surface area is 163 Å². The number of imidazole rings is 1. The number of aryl methyl sites for hydroxylation is 2. The number of aromatic nitrogens is 6. The molecule has 7 nitrogen and oxygen atoms in total. The molecule has 0 aliphatic carbocycles. The van der Waals surface area contributed by atoms with Gasteiger partial charge in [-0.1, -0.05) is 20.8 Å². The fourth-order valence-electron chi connectivity index (χ4n) is 3.11. The highest BCUT2D eigenvalue weighted by atomic mass is 15.2. The summed E-state index contributed by atoms with van der Waals surface area (Å²) in [5, 5.41) is 11.5. The largest absolute Gasteiger partial charge is 0.323 e. The van der Waals surface area contributed by atoms with Crippen molar-refractivity contribution in [2.24, 2.45) is 0 Å². The summed E-state index contributed by atoms with van der Waals surface area (Å²) in [6.07, 6.45) is 6.52. The molecule has 0 radical (unpaired) electrons. The molecule has 0 spiro atoms. The zero-order chi connectivity index (χ0) is 19.7. The molecule has 4 aromatic rings. The molecule has 7 heteroatoms. The van der Waals surface area contributed by atoms with Gasteiger partial charge in [0.05, 0.1) is 34.8 Å². The zero-order valence-electron chi connectivity index (χ0n) is 16.5. The van der Waals surface area contributed by atoms with Crippen LogP contribution in [0, 0.1) is 6.92 Å². The van der Waals surface area contributed by atoms with E-state index >= 15 is 0 Å². The average molecular weight is 373 g/mol. The second-order valence-corrected chi connectivity index (χ2v) is 7.10. The molecule has 4 aromatic heterocycles. The van der Waals surface area contributed by atoms with E-state index in [0.717, 1.165) is 40.2 Å². The minimum atomic E-state index is 0.388. The van der Waals surface area contributed by atoms with E-state index in [1.165, 1.54) is 0 Å². The summed E-state index contributed by atoms with van der Waals surface area (Å²) in [4.78, 5) is 13.8. The van der Waals surface area contributed by atoms with Crippen LogP contribution in [0.5, 0.6) is 0 Å². The maximum atomic E-state index is 4.72. The van der Waals surface area contributed by atoms with Gasteiger partial charge in [-0.15, -0.1) is 5.10 Å². The van der Waals surface area contributed by atoms with E-state index in [2.05, 4.69) is 50.8 Å². The Kier molecular flexibility index (Phi) is 4.73. The van der Waals surface area contributed by atoms with Crippen molar-refractivity contribution in [1.82, 2.24) is 29.7 Å². The van der Waals surface area contributed by atoms with Gasteiger partial charge in [-0.3, -0.25) is 4.98 Å². The molecule has 0 saturated heterocycles. The molecule has 4 rings (SSSR count). The number of hydrogen-bond acceptors (Lipinski definition) is 6. The fraction of sp³-hybridized carbons (Fsp3) is 0.286. The van der Waals surface area contributed by atoms with Crippen molar-refractivity contribution in [3.05, 3.63) is 59.9 Å². The Bertz CT molecular complexity index is 1130. The second-order valence-electron chi connectivity index (χ2n) is 7.10. The zero-order valence-corrected chi connectivity index (χ0v) is 16.5. The van der Waals surface area contributed by atoms with Crippen LogP contribution in [-0.2, 0) is 6.42 Å². The monoisotopic (exact) mass is 373 g/mol. The first-order valence-electron chi connectivity index (χ1n) is 9.45. The highest BCUT2D eigenvalue weighted by Crippen LogP contribution is 2.21. The maximum Gasteiger partial charge on any atom is 0.154 e. The summed E-state index contributed by atoms with van der Waals surface area (Å²) >= 11 is 0. The quantitative estimate of drug-likeness (QED) is 0.560. The van der Waals surface area contributed by atoms with E-state index in [1.54, 1.807) is 6.20 Å². The Morgan fingerprint density at radius 3 is 2.68 bits per heavy atom. The average Bonchev–Trinajstić information content (AvgIpc) is 3.08. The van der Waals surface area contributed by atoms with Crippen molar-refractivity contribution >= 4 is 22.7 Å². The molecule has 0 aliphatic rings. The molecule has 4 heterocycles. The number of pyridine rings is 2. The molecule has 1 N–H and O–H groups in total. The number of rotatable bonds is 5. The van der Waals surface area contributed by atoms with Gasteiger partial charge in [-0.2, -0.15) is 5.10 Å². The van der Waals surface area contributed by atoms with Gasteiger partial charge >= 0.3 is 0 Å². The molecule has 0 unspecified atom stereocenters. The Balaban J connectivity index is 1.69. The molecular formula is C21H23N7. The molecule has 28 heavy (non-hydrogen) atoms. The lowest BCUT2D eigenvalue weighted by molar-refractivity contribution is 0.843. The summed E-state index contributed by atoms with van der Waals surface area (Å²) < 4.78 is 2.07. The second kappa shape index (κ2) is 7.34. The van der Waals surface area contributed by atoms with Gasteiger partial charge < -0.3 is 9.88 Å².